The van der Waals surface area contributed by atoms with E-state index in [4.69, 9.17) is 0 Å². The summed E-state index contributed by atoms with van der Waals surface area (Å²) in [5.41, 5.74) is 1.80. The lowest BCUT2D eigenvalue weighted by Gasteiger charge is -1.93. The van der Waals surface area contributed by atoms with Gasteiger partial charge >= 0.3 is 0 Å². The highest BCUT2D eigenvalue weighted by Crippen LogP contribution is 2.07. The maximum atomic E-state index is 10.8. The summed E-state index contributed by atoms with van der Waals surface area (Å²) in [5.74, 6) is 0.0379. The molecule has 0 atom stereocenters. The molecule has 70 valence electrons. The summed E-state index contributed by atoms with van der Waals surface area (Å²) in [6, 6.07) is 5.78. The number of allylic oxidation sites excluding steroid dienone is 1. The van der Waals surface area contributed by atoms with Gasteiger partial charge in [0, 0.05) is 6.20 Å². The van der Waals surface area contributed by atoms with Gasteiger partial charge in [0.1, 0.15) is 5.65 Å². The Hall–Kier alpha value is -1.90. The van der Waals surface area contributed by atoms with Gasteiger partial charge in [-0.1, -0.05) is 6.07 Å². The summed E-state index contributed by atoms with van der Waals surface area (Å²) in [5, 5.41) is 0. The number of carbonyl (C=O) groups is 1. The van der Waals surface area contributed by atoms with Crippen LogP contribution >= 0.6 is 0 Å². The summed E-state index contributed by atoms with van der Waals surface area (Å²) in [4.78, 5) is 15.0. The first kappa shape index (κ1) is 8.69. The van der Waals surface area contributed by atoms with E-state index < -0.39 is 0 Å². The Bertz CT molecular complexity index is 497. The minimum Gasteiger partial charge on any atom is -0.300 e. The van der Waals surface area contributed by atoms with Gasteiger partial charge in [0.15, 0.2) is 5.78 Å². The molecule has 0 aliphatic rings. The second-order valence-corrected chi connectivity index (χ2v) is 3.06. The third kappa shape index (κ3) is 1.57. The number of hydrogen-bond acceptors (Lipinski definition) is 2. The van der Waals surface area contributed by atoms with E-state index >= 15 is 0 Å². The van der Waals surface area contributed by atoms with Gasteiger partial charge < -0.3 is 4.40 Å². The zero-order valence-electron chi connectivity index (χ0n) is 7.84. The second kappa shape index (κ2) is 3.46. The Morgan fingerprint density at radius 2 is 2.36 bits per heavy atom. The van der Waals surface area contributed by atoms with Crippen molar-refractivity contribution in [2.75, 3.05) is 0 Å². The van der Waals surface area contributed by atoms with Crippen LogP contribution in [0.4, 0.5) is 0 Å². The van der Waals surface area contributed by atoms with Crippen molar-refractivity contribution >= 4 is 17.5 Å². The van der Waals surface area contributed by atoms with Crippen LogP contribution in [0.3, 0.4) is 0 Å². The molecule has 0 aliphatic heterocycles. The summed E-state index contributed by atoms with van der Waals surface area (Å²) < 4.78 is 1.93. The zero-order chi connectivity index (χ0) is 9.97. The number of ketones is 1. The quantitative estimate of drug-likeness (QED) is 0.672. The van der Waals surface area contributed by atoms with Gasteiger partial charge in [-0.3, -0.25) is 4.79 Å². The van der Waals surface area contributed by atoms with Gasteiger partial charge in [-0.15, -0.1) is 0 Å². The Morgan fingerprint density at radius 1 is 1.50 bits per heavy atom. The fraction of sp³-hybridized carbons (Fsp3) is 0.0909. The molecular formula is C11H10N2O. The molecule has 0 saturated heterocycles. The van der Waals surface area contributed by atoms with Crippen molar-refractivity contribution in [3.8, 4) is 0 Å². The maximum absolute atomic E-state index is 10.8. The van der Waals surface area contributed by atoms with Crippen LogP contribution in [0.25, 0.3) is 11.7 Å². The lowest BCUT2D eigenvalue weighted by molar-refractivity contribution is -0.112. The Morgan fingerprint density at radius 3 is 3.14 bits per heavy atom. The molecule has 0 unspecified atom stereocenters. The SMILES string of the molecule is CC(=O)/C=C/c1cnc2ccccn12. The first-order valence-corrected chi connectivity index (χ1v) is 4.38. The monoisotopic (exact) mass is 186 g/mol. The predicted octanol–water partition coefficient (Wildman–Crippen LogP) is 1.94. The molecule has 0 bridgehead atoms. The Kier molecular flexibility index (Phi) is 2.14. The lowest BCUT2D eigenvalue weighted by atomic mass is 10.3. The number of fused-ring (bicyclic) bond motifs is 1. The van der Waals surface area contributed by atoms with Crippen molar-refractivity contribution in [1.82, 2.24) is 9.38 Å². The molecule has 0 radical (unpaired) electrons. The lowest BCUT2D eigenvalue weighted by Crippen LogP contribution is -1.86. The van der Waals surface area contributed by atoms with Crippen molar-refractivity contribution in [2.45, 2.75) is 6.92 Å². The summed E-state index contributed by atoms with van der Waals surface area (Å²) in [6.07, 6.45) is 6.97. The highest BCUT2D eigenvalue weighted by Gasteiger charge is 1.97. The number of pyridine rings is 1. The van der Waals surface area contributed by atoms with E-state index in [2.05, 4.69) is 4.98 Å². The van der Waals surface area contributed by atoms with Crippen LogP contribution in [0.2, 0.25) is 0 Å². The van der Waals surface area contributed by atoms with Crippen molar-refractivity contribution in [1.29, 1.82) is 0 Å². The van der Waals surface area contributed by atoms with Crippen LogP contribution in [0.5, 0.6) is 0 Å². The molecule has 2 heterocycles. The van der Waals surface area contributed by atoms with E-state index in [-0.39, 0.29) is 5.78 Å². The molecule has 0 spiro atoms. The average Bonchev–Trinajstić information content (AvgIpc) is 2.58. The highest BCUT2D eigenvalue weighted by atomic mass is 16.1. The fourth-order valence-corrected chi connectivity index (χ4v) is 1.28. The first-order valence-electron chi connectivity index (χ1n) is 4.38. The number of rotatable bonds is 2. The van der Waals surface area contributed by atoms with Crippen LogP contribution < -0.4 is 0 Å². The van der Waals surface area contributed by atoms with Crippen LogP contribution in [0, 0.1) is 0 Å². The standard InChI is InChI=1S/C11H10N2O/c1-9(14)5-6-10-8-12-11-4-2-3-7-13(10)11/h2-8H,1H3/b6-5+. The van der Waals surface area contributed by atoms with E-state index in [1.54, 1.807) is 12.3 Å². The van der Waals surface area contributed by atoms with E-state index in [0.717, 1.165) is 11.3 Å². The van der Waals surface area contributed by atoms with E-state index in [1.165, 1.54) is 13.0 Å². The smallest absolute Gasteiger partial charge is 0.152 e. The molecule has 0 saturated carbocycles. The van der Waals surface area contributed by atoms with Crippen LogP contribution in [0.15, 0.2) is 36.7 Å². The summed E-state index contributed by atoms with van der Waals surface area (Å²) in [7, 11) is 0. The molecule has 3 nitrogen and oxygen atoms in total. The van der Waals surface area contributed by atoms with Gasteiger partial charge in [-0.05, 0) is 31.2 Å². The number of hydrogen-bond donors (Lipinski definition) is 0. The molecule has 0 amide bonds. The van der Waals surface area contributed by atoms with E-state index in [0.29, 0.717) is 0 Å². The van der Waals surface area contributed by atoms with Crippen LogP contribution in [-0.2, 0) is 4.79 Å². The van der Waals surface area contributed by atoms with E-state index in [9.17, 15) is 4.79 Å². The average molecular weight is 186 g/mol. The number of nitrogens with zero attached hydrogens (tertiary/aromatic N) is 2. The molecule has 14 heavy (non-hydrogen) atoms. The molecule has 0 fully saturated rings. The third-order valence-corrected chi connectivity index (χ3v) is 1.93. The molecule has 2 aromatic rings. The van der Waals surface area contributed by atoms with Crippen molar-refractivity contribution in [3.63, 3.8) is 0 Å². The Balaban J connectivity index is 2.48. The fourth-order valence-electron chi connectivity index (χ4n) is 1.28. The largest absolute Gasteiger partial charge is 0.300 e. The number of imidazole rings is 1. The topological polar surface area (TPSA) is 34.4 Å². The molecule has 3 heteroatoms. The minimum absolute atomic E-state index is 0.0379. The van der Waals surface area contributed by atoms with E-state index in [1.807, 2.05) is 28.8 Å². The number of aromatic nitrogens is 2. The maximum Gasteiger partial charge on any atom is 0.152 e. The van der Waals surface area contributed by atoms with Gasteiger partial charge in [-0.25, -0.2) is 4.98 Å². The predicted molar refractivity (Wildman–Crippen MR) is 54.9 cm³/mol. The number of carbonyl (C=O) groups excluding carboxylic acids is 1. The zero-order valence-corrected chi connectivity index (χ0v) is 7.84. The van der Waals surface area contributed by atoms with Gasteiger partial charge in [-0.2, -0.15) is 0 Å². The summed E-state index contributed by atoms with van der Waals surface area (Å²) >= 11 is 0. The second-order valence-electron chi connectivity index (χ2n) is 3.06. The molecule has 0 N–H and O–H groups in total. The van der Waals surface area contributed by atoms with Crippen LogP contribution in [-0.4, -0.2) is 15.2 Å². The van der Waals surface area contributed by atoms with Gasteiger partial charge in [0.25, 0.3) is 0 Å². The molecule has 2 rings (SSSR count). The normalized spacial score (nSPS) is 11.2. The van der Waals surface area contributed by atoms with Crippen molar-refractivity contribution < 1.29 is 4.79 Å². The van der Waals surface area contributed by atoms with Crippen molar-refractivity contribution in [2.24, 2.45) is 0 Å². The van der Waals surface area contributed by atoms with Crippen molar-refractivity contribution in [3.05, 3.63) is 42.4 Å². The molecule has 0 aliphatic carbocycles. The van der Waals surface area contributed by atoms with Crippen LogP contribution in [0.1, 0.15) is 12.6 Å². The molecular weight excluding hydrogens is 176 g/mol. The minimum atomic E-state index is 0.0379. The molecule has 2 aromatic heterocycles. The first-order chi connectivity index (χ1) is 6.77. The van der Waals surface area contributed by atoms with Gasteiger partial charge in [0.2, 0.25) is 0 Å². The Labute approximate surface area is 81.7 Å². The highest BCUT2D eigenvalue weighted by molar-refractivity contribution is 5.91. The van der Waals surface area contributed by atoms with Gasteiger partial charge in [0.05, 0.1) is 11.9 Å². The summed E-state index contributed by atoms with van der Waals surface area (Å²) in [6.45, 7) is 1.53. The third-order valence-electron chi connectivity index (χ3n) is 1.93. The molecule has 0 aromatic carbocycles.